The van der Waals surface area contributed by atoms with Crippen LogP contribution in [0.15, 0.2) is 4.79 Å². The van der Waals surface area contributed by atoms with Crippen molar-refractivity contribution in [3.63, 3.8) is 0 Å². The maximum Gasteiger partial charge on any atom is 0.257 e. The van der Waals surface area contributed by atoms with Gasteiger partial charge in [-0.2, -0.15) is 4.98 Å². The van der Waals surface area contributed by atoms with Gasteiger partial charge >= 0.3 is 0 Å². The fourth-order valence-electron chi connectivity index (χ4n) is 3.65. The third-order valence-corrected chi connectivity index (χ3v) is 4.85. The van der Waals surface area contributed by atoms with Gasteiger partial charge < -0.3 is 15.0 Å². The van der Waals surface area contributed by atoms with Crippen molar-refractivity contribution in [1.29, 1.82) is 0 Å². The van der Waals surface area contributed by atoms with Crippen molar-refractivity contribution < 1.29 is 5.11 Å². The Kier molecular flexibility index (Phi) is 3.09. The highest BCUT2D eigenvalue weighted by atomic mass is 16.3. The van der Waals surface area contributed by atoms with E-state index in [0.717, 1.165) is 12.8 Å². The monoisotopic (exact) mass is 263 g/mol. The molecule has 2 N–H and O–H groups in total. The van der Waals surface area contributed by atoms with Crippen LogP contribution in [0.2, 0.25) is 0 Å². The average molecular weight is 263 g/mol. The molecule has 104 valence electrons. The maximum absolute atomic E-state index is 11.9. The van der Waals surface area contributed by atoms with E-state index < -0.39 is 0 Å². The lowest BCUT2D eigenvalue weighted by atomic mass is 9.90. The van der Waals surface area contributed by atoms with Crippen molar-refractivity contribution in [2.75, 3.05) is 7.05 Å². The zero-order chi connectivity index (χ0) is 13.6. The minimum Gasteiger partial charge on any atom is -0.493 e. The molecule has 3 rings (SSSR count). The first-order valence-corrected chi connectivity index (χ1v) is 7.14. The summed E-state index contributed by atoms with van der Waals surface area (Å²) < 4.78 is 0. The quantitative estimate of drug-likeness (QED) is 0.845. The number of aromatic amines is 1. The number of fused-ring (bicyclic) bond motifs is 2. The molecule has 2 bridgehead atoms. The second-order valence-electron chi connectivity index (χ2n) is 5.83. The van der Waals surface area contributed by atoms with Gasteiger partial charge in [0.05, 0.1) is 5.56 Å². The van der Waals surface area contributed by atoms with Crippen molar-refractivity contribution in [1.82, 2.24) is 14.9 Å². The predicted molar refractivity (Wildman–Crippen MR) is 72.4 cm³/mol. The first kappa shape index (κ1) is 12.7. The molecule has 19 heavy (non-hydrogen) atoms. The Morgan fingerprint density at radius 3 is 2.53 bits per heavy atom. The summed E-state index contributed by atoms with van der Waals surface area (Å²) in [6, 6.07) is 1.20. The van der Waals surface area contributed by atoms with E-state index >= 15 is 0 Å². The lowest BCUT2D eigenvalue weighted by Gasteiger charge is -2.35. The molecule has 2 unspecified atom stereocenters. The number of rotatable bonds is 2. The van der Waals surface area contributed by atoms with E-state index in [9.17, 15) is 9.90 Å². The molecule has 5 heteroatoms. The van der Waals surface area contributed by atoms with E-state index in [-0.39, 0.29) is 17.4 Å². The normalized spacial score (nSPS) is 30.7. The molecule has 1 aromatic rings. The maximum atomic E-state index is 11.9. The molecule has 2 aliphatic heterocycles. The molecule has 2 aliphatic rings. The molecule has 5 nitrogen and oxygen atoms in total. The van der Waals surface area contributed by atoms with Gasteiger partial charge in [0, 0.05) is 18.0 Å². The van der Waals surface area contributed by atoms with E-state index in [0.29, 0.717) is 29.9 Å². The van der Waals surface area contributed by atoms with Gasteiger partial charge in [0.25, 0.3) is 5.56 Å². The highest BCUT2D eigenvalue weighted by molar-refractivity contribution is 5.23. The first-order valence-electron chi connectivity index (χ1n) is 7.14. The lowest BCUT2D eigenvalue weighted by molar-refractivity contribution is 0.158. The Morgan fingerprint density at radius 1 is 1.37 bits per heavy atom. The van der Waals surface area contributed by atoms with Crippen LogP contribution < -0.4 is 5.56 Å². The molecule has 2 fully saturated rings. The van der Waals surface area contributed by atoms with Crippen LogP contribution in [-0.2, 0) is 6.42 Å². The molecule has 3 heterocycles. The van der Waals surface area contributed by atoms with Gasteiger partial charge in [0.1, 0.15) is 5.82 Å². The van der Waals surface area contributed by atoms with Gasteiger partial charge in [-0.05, 0) is 39.2 Å². The standard InChI is InChI=1S/C14H21N3O2/c1-3-11-13(18)15-12(16-14(11)19)8-6-9-4-5-10(7-8)17(9)2/h8-10H,3-7H2,1-2H3,(H2,15,16,18,19). The van der Waals surface area contributed by atoms with Crippen LogP contribution in [0.5, 0.6) is 5.88 Å². The summed E-state index contributed by atoms with van der Waals surface area (Å²) in [5.41, 5.74) is 0.205. The van der Waals surface area contributed by atoms with Crippen LogP contribution in [0.1, 0.15) is 49.9 Å². The molecule has 1 aromatic heterocycles. The third-order valence-electron chi connectivity index (χ3n) is 4.85. The van der Waals surface area contributed by atoms with Crippen molar-refractivity contribution in [2.24, 2.45) is 0 Å². The number of nitrogens with zero attached hydrogens (tertiary/aromatic N) is 2. The van der Waals surface area contributed by atoms with Gasteiger partial charge in [0.15, 0.2) is 0 Å². The number of piperidine rings is 1. The zero-order valence-corrected chi connectivity index (χ0v) is 11.5. The van der Waals surface area contributed by atoms with E-state index in [1.807, 2.05) is 6.92 Å². The van der Waals surface area contributed by atoms with E-state index in [2.05, 4.69) is 21.9 Å². The van der Waals surface area contributed by atoms with Gasteiger partial charge in [-0.3, -0.25) is 4.79 Å². The summed E-state index contributed by atoms with van der Waals surface area (Å²) in [6.45, 7) is 1.85. The lowest BCUT2D eigenvalue weighted by Crippen LogP contribution is -2.39. The van der Waals surface area contributed by atoms with Crippen LogP contribution in [0.4, 0.5) is 0 Å². The number of hydrogen-bond donors (Lipinski definition) is 2. The van der Waals surface area contributed by atoms with Crippen molar-refractivity contribution in [3.05, 3.63) is 21.7 Å². The fraction of sp³-hybridized carbons (Fsp3) is 0.714. The zero-order valence-electron chi connectivity index (χ0n) is 11.5. The molecular weight excluding hydrogens is 242 g/mol. The summed E-state index contributed by atoms with van der Waals surface area (Å²) in [6.07, 6.45) is 5.04. The molecule has 0 amide bonds. The molecule has 0 aromatic carbocycles. The van der Waals surface area contributed by atoms with Crippen molar-refractivity contribution in [2.45, 2.75) is 57.0 Å². The SMILES string of the molecule is CCc1c(O)nc(C2CC3CCC(C2)N3C)[nH]c1=O. The number of nitrogens with one attached hydrogen (secondary N) is 1. The molecule has 2 saturated heterocycles. The number of aromatic hydroxyl groups is 1. The molecule has 0 aliphatic carbocycles. The topological polar surface area (TPSA) is 69.2 Å². The first-order chi connectivity index (χ1) is 9.10. The van der Waals surface area contributed by atoms with E-state index in [4.69, 9.17) is 0 Å². The number of H-pyrrole nitrogens is 1. The van der Waals surface area contributed by atoms with Crippen LogP contribution in [0.25, 0.3) is 0 Å². The van der Waals surface area contributed by atoms with Gasteiger partial charge in [-0.15, -0.1) is 0 Å². The second kappa shape index (κ2) is 4.63. The third kappa shape index (κ3) is 2.06. The Morgan fingerprint density at radius 2 is 2.00 bits per heavy atom. The van der Waals surface area contributed by atoms with Gasteiger partial charge in [-0.25, -0.2) is 0 Å². The van der Waals surface area contributed by atoms with Crippen LogP contribution in [0, 0.1) is 0 Å². The Bertz CT molecular complexity index is 526. The molecule has 2 atom stereocenters. The van der Waals surface area contributed by atoms with Gasteiger partial charge in [-0.1, -0.05) is 6.92 Å². The Balaban J connectivity index is 1.90. The summed E-state index contributed by atoms with van der Waals surface area (Å²) in [5, 5.41) is 9.86. The highest BCUT2D eigenvalue weighted by Gasteiger charge is 2.39. The second-order valence-corrected chi connectivity index (χ2v) is 5.83. The largest absolute Gasteiger partial charge is 0.493 e. The fourth-order valence-corrected chi connectivity index (χ4v) is 3.65. The Hall–Kier alpha value is -1.36. The van der Waals surface area contributed by atoms with E-state index in [1.165, 1.54) is 12.8 Å². The number of aromatic nitrogens is 2. The minimum absolute atomic E-state index is 0.0903. The van der Waals surface area contributed by atoms with Crippen LogP contribution >= 0.6 is 0 Å². The minimum atomic E-state index is -0.184. The van der Waals surface area contributed by atoms with Crippen LogP contribution in [0.3, 0.4) is 0 Å². The van der Waals surface area contributed by atoms with Gasteiger partial charge in [0.2, 0.25) is 5.88 Å². The summed E-state index contributed by atoms with van der Waals surface area (Å²) in [4.78, 5) is 21.5. The molecule has 0 radical (unpaired) electrons. The molecule has 0 spiro atoms. The predicted octanol–water partition coefficient (Wildman–Crippen LogP) is 1.38. The van der Waals surface area contributed by atoms with Crippen molar-refractivity contribution >= 4 is 0 Å². The number of hydrogen-bond acceptors (Lipinski definition) is 4. The highest BCUT2D eigenvalue weighted by Crippen LogP contribution is 2.41. The molecular formula is C14H21N3O2. The van der Waals surface area contributed by atoms with Crippen molar-refractivity contribution in [3.8, 4) is 5.88 Å². The smallest absolute Gasteiger partial charge is 0.257 e. The summed E-state index contributed by atoms with van der Waals surface area (Å²) in [7, 11) is 2.19. The summed E-state index contributed by atoms with van der Waals surface area (Å²) >= 11 is 0. The molecule has 0 saturated carbocycles. The van der Waals surface area contributed by atoms with Crippen LogP contribution in [-0.4, -0.2) is 39.1 Å². The average Bonchev–Trinajstić information content (AvgIpc) is 2.62. The Labute approximate surface area is 112 Å². The summed E-state index contributed by atoms with van der Waals surface area (Å²) in [5.74, 6) is 0.857. The van der Waals surface area contributed by atoms with E-state index in [1.54, 1.807) is 0 Å².